The fourth-order valence-electron chi connectivity index (χ4n) is 1.28. The number of benzene rings is 1. The van der Waals surface area contributed by atoms with Gasteiger partial charge in [0.2, 0.25) is 5.92 Å². The van der Waals surface area contributed by atoms with E-state index in [0.717, 1.165) is 7.11 Å². The number of methoxy groups -OCH3 is 2. The molecule has 5 heteroatoms. The van der Waals surface area contributed by atoms with Crippen LogP contribution in [0, 0.1) is 17.2 Å². The zero-order valence-corrected chi connectivity index (χ0v) is 9.47. The molecule has 0 saturated heterocycles. The van der Waals surface area contributed by atoms with Crippen molar-refractivity contribution in [1.29, 1.82) is 5.26 Å². The monoisotopic (exact) mass is 233 g/mol. The van der Waals surface area contributed by atoms with Gasteiger partial charge in [-0.05, 0) is 12.1 Å². The summed E-state index contributed by atoms with van der Waals surface area (Å²) in [6, 6.07) is 7.88. The fraction of sp³-hybridized carbons (Fsp3) is 0.250. The molecular formula is C12H11NO4. The van der Waals surface area contributed by atoms with Gasteiger partial charge in [0.25, 0.3) is 0 Å². The molecule has 0 bridgehead atoms. The first-order valence-electron chi connectivity index (χ1n) is 4.79. The Morgan fingerprint density at radius 1 is 1.35 bits per heavy atom. The van der Waals surface area contributed by atoms with Gasteiger partial charge in [0.1, 0.15) is 5.75 Å². The molecule has 0 N–H and O–H groups in total. The van der Waals surface area contributed by atoms with Crippen LogP contribution in [0.4, 0.5) is 0 Å². The molecular weight excluding hydrogens is 222 g/mol. The SMILES string of the molecule is COC(=O)C(C#N)C(=O)c1cccc(OC)c1. The predicted molar refractivity (Wildman–Crippen MR) is 58.4 cm³/mol. The third-order valence-electron chi connectivity index (χ3n) is 2.18. The molecule has 0 aliphatic heterocycles. The van der Waals surface area contributed by atoms with Gasteiger partial charge in [0, 0.05) is 5.56 Å². The minimum absolute atomic E-state index is 0.237. The van der Waals surface area contributed by atoms with Gasteiger partial charge in [-0.25, -0.2) is 0 Å². The third kappa shape index (κ3) is 2.82. The molecule has 0 aromatic heterocycles. The van der Waals surface area contributed by atoms with E-state index in [1.165, 1.54) is 19.2 Å². The van der Waals surface area contributed by atoms with E-state index >= 15 is 0 Å². The lowest BCUT2D eigenvalue weighted by atomic mass is 9.99. The summed E-state index contributed by atoms with van der Waals surface area (Å²) in [6.07, 6.45) is 0. The van der Waals surface area contributed by atoms with E-state index in [4.69, 9.17) is 10.00 Å². The van der Waals surface area contributed by atoms with Crippen LogP contribution in [0.15, 0.2) is 24.3 Å². The summed E-state index contributed by atoms with van der Waals surface area (Å²) in [5.41, 5.74) is 0.237. The molecule has 0 amide bonds. The van der Waals surface area contributed by atoms with Crippen LogP contribution in [0.3, 0.4) is 0 Å². The average molecular weight is 233 g/mol. The Bertz CT molecular complexity index is 476. The smallest absolute Gasteiger partial charge is 0.331 e. The van der Waals surface area contributed by atoms with Crippen molar-refractivity contribution < 1.29 is 19.1 Å². The van der Waals surface area contributed by atoms with Gasteiger partial charge in [-0.2, -0.15) is 5.26 Å². The molecule has 0 saturated carbocycles. The van der Waals surface area contributed by atoms with Crippen molar-refractivity contribution in [2.45, 2.75) is 0 Å². The minimum atomic E-state index is -1.44. The molecule has 1 atom stereocenters. The molecule has 1 aromatic rings. The third-order valence-corrected chi connectivity index (χ3v) is 2.18. The maximum atomic E-state index is 11.9. The molecule has 0 spiro atoms. The topological polar surface area (TPSA) is 76.4 Å². The Morgan fingerprint density at radius 3 is 2.59 bits per heavy atom. The van der Waals surface area contributed by atoms with Gasteiger partial charge in [0.15, 0.2) is 5.78 Å². The van der Waals surface area contributed by atoms with Crippen LogP contribution in [0.5, 0.6) is 5.75 Å². The lowest BCUT2D eigenvalue weighted by molar-refractivity contribution is -0.141. The summed E-state index contributed by atoms with van der Waals surface area (Å²) >= 11 is 0. The van der Waals surface area contributed by atoms with E-state index < -0.39 is 17.7 Å². The summed E-state index contributed by atoms with van der Waals surface area (Å²) < 4.78 is 9.34. The van der Waals surface area contributed by atoms with E-state index in [0.29, 0.717) is 5.75 Å². The van der Waals surface area contributed by atoms with E-state index in [-0.39, 0.29) is 5.56 Å². The molecule has 0 fully saturated rings. The van der Waals surface area contributed by atoms with Crippen molar-refractivity contribution in [2.75, 3.05) is 14.2 Å². The molecule has 0 aliphatic rings. The highest BCUT2D eigenvalue weighted by atomic mass is 16.5. The number of carbonyl (C=O) groups excluding carboxylic acids is 2. The van der Waals surface area contributed by atoms with Crippen molar-refractivity contribution in [2.24, 2.45) is 5.92 Å². The van der Waals surface area contributed by atoms with Gasteiger partial charge >= 0.3 is 5.97 Å². The molecule has 1 aromatic carbocycles. The molecule has 5 nitrogen and oxygen atoms in total. The normalized spacial score (nSPS) is 11.1. The zero-order valence-electron chi connectivity index (χ0n) is 9.47. The lowest BCUT2D eigenvalue weighted by Gasteiger charge is -2.07. The summed E-state index contributed by atoms with van der Waals surface area (Å²) in [7, 11) is 2.59. The molecule has 1 rings (SSSR count). The largest absolute Gasteiger partial charge is 0.497 e. The first-order valence-corrected chi connectivity index (χ1v) is 4.79. The number of ketones is 1. The molecule has 1 unspecified atom stereocenters. The van der Waals surface area contributed by atoms with Gasteiger partial charge in [-0.1, -0.05) is 12.1 Å². The minimum Gasteiger partial charge on any atom is -0.497 e. The molecule has 88 valence electrons. The highest BCUT2D eigenvalue weighted by Gasteiger charge is 2.28. The van der Waals surface area contributed by atoms with E-state index in [9.17, 15) is 9.59 Å². The van der Waals surface area contributed by atoms with E-state index in [1.807, 2.05) is 0 Å². The Hall–Kier alpha value is -2.35. The number of Topliss-reactive ketones (excluding diaryl/α,β-unsaturated/α-hetero) is 1. The highest BCUT2D eigenvalue weighted by molar-refractivity contribution is 6.10. The second kappa shape index (κ2) is 5.66. The molecule has 17 heavy (non-hydrogen) atoms. The van der Waals surface area contributed by atoms with Gasteiger partial charge in [0.05, 0.1) is 20.3 Å². The zero-order chi connectivity index (χ0) is 12.8. The Kier molecular flexibility index (Phi) is 4.23. The molecule has 0 heterocycles. The molecule has 0 radical (unpaired) electrons. The lowest BCUT2D eigenvalue weighted by Crippen LogP contribution is -2.23. The molecule has 0 aliphatic carbocycles. The second-order valence-electron chi connectivity index (χ2n) is 3.18. The van der Waals surface area contributed by atoms with Crippen molar-refractivity contribution in [1.82, 2.24) is 0 Å². The Morgan fingerprint density at radius 2 is 2.06 bits per heavy atom. The summed E-state index contributed by atoms with van der Waals surface area (Å²) in [5, 5.41) is 8.78. The van der Waals surface area contributed by atoms with Crippen LogP contribution in [0.2, 0.25) is 0 Å². The predicted octanol–water partition coefficient (Wildman–Crippen LogP) is 1.19. The van der Waals surface area contributed by atoms with Gasteiger partial charge in [-0.15, -0.1) is 0 Å². The van der Waals surface area contributed by atoms with Crippen molar-refractivity contribution in [3.63, 3.8) is 0 Å². The van der Waals surface area contributed by atoms with Crippen molar-refractivity contribution >= 4 is 11.8 Å². The number of hydrogen-bond acceptors (Lipinski definition) is 5. The Labute approximate surface area is 98.6 Å². The number of carbonyl (C=O) groups is 2. The first kappa shape index (κ1) is 12.7. The van der Waals surface area contributed by atoms with Gasteiger partial charge < -0.3 is 9.47 Å². The van der Waals surface area contributed by atoms with Crippen molar-refractivity contribution in [3.05, 3.63) is 29.8 Å². The van der Waals surface area contributed by atoms with Crippen LogP contribution in [0.25, 0.3) is 0 Å². The van der Waals surface area contributed by atoms with Gasteiger partial charge in [-0.3, -0.25) is 9.59 Å². The maximum absolute atomic E-state index is 11.9. The number of rotatable bonds is 4. The summed E-state index contributed by atoms with van der Waals surface area (Å²) in [4.78, 5) is 23.1. The van der Waals surface area contributed by atoms with Crippen LogP contribution < -0.4 is 4.74 Å². The van der Waals surface area contributed by atoms with E-state index in [2.05, 4.69) is 4.74 Å². The quantitative estimate of drug-likeness (QED) is 0.443. The number of nitrogens with zero attached hydrogens (tertiary/aromatic N) is 1. The standard InChI is InChI=1S/C12H11NO4/c1-16-9-5-3-4-8(6-9)11(14)10(7-13)12(15)17-2/h3-6,10H,1-2H3. The first-order chi connectivity index (χ1) is 8.13. The average Bonchev–Trinajstić information content (AvgIpc) is 2.39. The second-order valence-corrected chi connectivity index (χ2v) is 3.18. The number of ether oxygens (including phenoxy) is 2. The number of hydrogen-bond donors (Lipinski definition) is 0. The van der Waals surface area contributed by atoms with Crippen LogP contribution in [-0.4, -0.2) is 26.0 Å². The highest BCUT2D eigenvalue weighted by Crippen LogP contribution is 2.16. The summed E-state index contributed by atoms with van der Waals surface area (Å²) in [5.74, 6) is -2.41. The van der Waals surface area contributed by atoms with Crippen LogP contribution >= 0.6 is 0 Å². The fourth-order valence-corrected chi connectivity index (χ4v) is 1.28. The summed E-state index contributed by atoms with van der Waals surface area (Å²) in [6.45, 7) is 0. The van der Waals surface area contributed by atoms with Crippen molar-refractivity contribution in [3.8, 4) is 11.8 Å². The van der Waals surface area contributed by atoms with E-state index in [1.54, 1.807) is 18.2 Å². The number of esters is 1. The van der Waals surface area contributed by atoms with Crippen LogP contribution in [0.1, 0.15) is 10.4 Å². The number of nitriles is 1. The van der Waals surface area contributed by atoms with Crippen LogP contribution in [-0.2, 0) is 9.53 Å². The Balaban J connectivity index is 3.02. The maximum Gasteiger partial charge on any atom is 0.331 e.